The minimum atomic E-state index is -3.70. The van der Waals surface area contributed by atoms with Gasteiger partial charge in [-0.3, -0.25) is 4.79 Å². The third-order valence-electron chi connectivity index (χ3n) is 6.45. The molecule has 1 amide bonds. The van der Waals surface area contributed by atoms with Crippen LogP contribution in [-0.4, -0.2) is 20.4 Å². The van der Waals surface area contributed by atoms with Gasteiger partial charge in [0.05, 0.1) is 10.9 Å². The zero-order valence-corrected chi connectivity index (χ0v) is 20.2. The van der Waals surface area contributed by atoms with Crippen molar-refractivity contribution in [3.05, 3.63) is 89.6 Å². The fraction of sp³-hybridized carbons (Fsp3) is 0.308. The number of hydrogen-bond acceptors (Lipinski definition) is 4. The highest BCUT2D eigenvalue weighted by Gasteiger charge is 2.29. The van der Waals surface area contributed by atoms with Gasteiger partial charge < -0.3 is 10.5 Å². The van der Waals surface area contributed by atoms with Crippen molar-refractivity contribution in [3.63, 3.8) is 0 Å². The van der Waals surface area contributed by atoms with Gasteiger partial charge in [-0.1, -0.05) is 24.3 Å². The zero-order chi connectivity index (χ0) is 25.0. The predicted molar refractivity (Wildman–Crippen MR) is 130 cm³/mol. The molecule has 2 N–H and O–H groups in total. The van der Waals surface area contributed by atoms with E-state index in [9.17, 15) is 22.8 Å². The van der Waals surface area contributed by atoms with Crippen molar-refractivity contribution in [3.8, 4) is 11.1 Å². The molecule has 1 saturated carbocycles. The molecule has 184 valence electrons. The first kappa shape index (κ1) is 24.8. The summed E-state index contributed by atoms with van der Waals surface area (Å²) in [6, 6.07) is 15.4. The van der Waals surface area contributed by atoms with Crippen molar-refractivity contribution in [2.75, 3.05) is 0 Å². The molecule has 0 aliphatic heterocycles. The summed E-state index contributed by atoms with van der Waals surface area (Å²) in [5.74, 6) is -0.572. The molecule has 0 saturated heterocycles. The van der Waals surface area contributed by atoms with Crippen molar-refractivity contribution in [1.29, 1.82) is 0 Å². The average Bonchev–Trinajstić information content (AvgIpc) is 2.85. The number of pyridine rings is 1. The van der Waals surface area contributed by atoms with Crippen molar-refractivity contribution < 1.29 is 22.3 Å². The lowest BCUT2D eigenvalue weighted by atomic mass is 9.85. The van der Waals surface area contributed by atoms with E-state index in [1.807, 2.05) is 6.92 Å². The van der Waals surface area contributed by atoms with Gasteiger partial charge in [0, 0.05) is 24.1 Å². The maximum atomic E-state index is 13.1. The van der Waals surface area contributed by atoms with Crippen LogP contribution in [0.3, 0.4) is 0 Å². The Morgan fingerprint density at radius 2 is 1.51 bits per heavy atom. The number of carbonyl (C=O) groups excluding carboxylic acids is 1. The third kappa shape index (κ3) is 6.23. The van der Waals surface area contributed by atoms with E-state index >= 15 is 0 Å². The molecule has 1 aromatic heterocycles. The number of halogens is 1. The summed E-state index contributed by atoms with van der Waals surface area (Å²) in [4.78, 5) is 12.9. The summed E-state index contributed by atoms with van der Waals surface area (Å²) in [7, 11) is -3.70. The molecule has 0 unspecified atom stereocenters. The Bertz CT molecular complexity index is 1260. The van der Waals surface area contributed by atoms with E-state index in [2.05, 4.69) is 10.0 Å². The molecule has 35 heavy (non-hydrogen) atoms. The molecule has 0 radical (unpaired) electrons. The van der Waals surface area contributed by atoms with E-state index < -0.39 is 10.0 Å². The SMILES string of the molecule is C[C@@H](NC(=O)C1CCC(NS(=O)(=O)c2ccc(-c3cc[n+]([O-])cc3)cc2)CC1)c1ccc(F)cc1. The Hall–Kier alpha value is -3.30. The average molecular weight is 498 g/mol. The van der Waals surface area contributed by atoms with E-state index in [0.717, 1.165) is 16.7 Å². The first-order chi connectivity index (χ1) is 16.7. The predicted octanol–water partition coefficient (Wildman–Crippen LogP) is 3.84. The number of hydrogen-bond donors (Lipinski definition) is 2. The van der Waals surface area contributed by atoms with E-state index in [0.29, 0.717) is 30.4 Å². The van der Waals surface area contributed by atoms with Gasteiger partial charge in [0.2, 0.25) is 15.9 Å². The molecule has 9 heteroatoms. The highest BCUT2D eigenvalue weighted by Crippen LogP contribution is 2.27. The van der Waals surface area contributed by atoms with Gasteiger partial charge in [-0.15, -0.1) is 0 Å². The molecule has 4 rings (SSSR count). The Kier molecular flexibility index (Phi) is 7.47. The van der Waals surface area contributed by atoms with Gasteiger partial charge in [-0.2, -0.15) is 4.73 Å². The lowest BCUT2D eigenvalue weighted by Crippen LogP contribution is -2.41. The number of sulfonamides is 1. The van der Waals surface area contributed by atoms with E-state index in [-0.39, 0.29) is 34.6 Å². The minimum Gasteiger partial charge on any atom is -0.619 e. The van der Waals surface area contributed by atoms with Crippen LogP contribution < -0.4 is 14.8 Å². The molecule has 1 fully saturated rings. The first-order valence-electron chi connectivity index (χ1n) is 11.6. The third-order valence-corrected chi connectivity index (χ3v) is 7.98. The Labute approximate surface area is 204 Å². The van der Waals surface area contributed by atoms with E-state index in [1.165, 1.54) is 24.5 Å². The summed E-state index contributed by atoms with van der Waals surface area (Å²) in [5, 5.41) is 14.2. The van der Waals surface area contributed by atoms with Crippen LogP contribution in [-0.2, 0) is 14.8 Å². The van der Waals surface area contributed by atoms with Crippen LogP contribution >= 0.6 is 0 Å². The second-order valence-corrected chi connectivity index (χ2v) is 10.6. The van der Waals surface area contributed by atoms with Crippen molar-refractivity contribution >= 4 is 15.9 Å². The fourth-order valence-corrected chi connectivity index (χ4v) is 5.66. The fourth-order valence-electron chi connectivity index (χ4n) is 4.36. The standard InChI is InChI=1S/C26H28FN3O4S/c1-18(19-2-8-23(27)9-3-19)28-26(31)22-4-10-24(11-5-22)29-35(33,34)25-12-6-20(7-13-25)21-14-16-30(32)17-15-21/h2-3,6-9,12-18,22,24,29H,4-5,10-11H2,1H3,(H,28,31)/t18-,22?,24?/m1/s1. The minimum absolute atomic E-state index is 0.0675. The van der Waals surface area contributed by atoms with Crippen LogP contribution in [0.4, 0.5) is 4.39 Å². The number of nitrogens with zero attached hydrogens (tertiary/aromatic N) is 1. The number of rotatable bonds is 7. The molecule has 7 nitrogen and oxygen atoms in total. The maximum Gasteiger partial charge on any atom is 0.240 e. The van der Waals surface area contributed by atoms with Gasteiger partial charge in [0.15, 0.2) is 12.4 Å². The second kappa shape index (κ2) is 10.5. The Morgan fingerprint density at radius 1 is 0.943 bits per heavy atom. The normalized spacial score (nSPS) is 19.1. The molecular weight excluding hydrogens is 469 g/mol. The highest BCUT2D eigenvalue weighted by atomic mass is 32.2. The van der Waals surface area contributed by atoms with Crippen LogP contribution in [0.25, 0.3) is 11.1 Å². The van der Waals surface area contributed by atoms with Crippen molar-refractivity contribution in [2.45, 2.75) is 49.6 Å². The van der Waals surface area contributed by atoms with Crippen molar-refractivity contribution in [1.82, 2.24) is 10.0 Å². The Balaban J connectivity index is 1.30. The number of carbonyl (C=O) groups is 1. The number of nitrogens with one attached hydrogen (secondary N) is 2. The van der Waals surface area contributed by atoms with E-state index in [4.69, 9.17) is 0 Å². The number of benzene rings is 2. The quantitative estimate of drug-likeness (QED) is 0.382. The smallest absolute Gasteiger partial charge is 0.240 e. The molecule has 0 spiro atoms. The van der Waals surface area contributed by atoms with Gasteiger partial charge in [-0.05, 0) is 73.6 Å². The topological polar surface area (TPSA) is 102 Å². The second-order valence-electron chi connectivity index (χ2n) is 8.92. The molecule has 2 aromatic carbocycles. The number of amides is 1. The van der Waals surface area contributed by atoms with Crippen LogP contribution in [0.2, 0.25) is 0 Å². The van der Waals surface area contributed by atoms with Crippen LogP contribution in [0.1, 0.15) is 44.2 Å². The summed E-state index contributed by atoms with van der Waals surface area (Å²) >= 11 is 0. The highest BCUT2D eigenvalue weighted by molar-refractivity contribution is 7.89. The molecule has 1 atom stereocenters. The molecule has 1 aliphatic carbocycles. The van der Waals surface area contributed by atoms with Crippen LogP contribution in [0.5, 0.6) is 0 Å². The van der Waals surface area contributed by atoms with Crippen LogP contribution in [0, 0.1) is 16.9 Å². The summed E-state index contributed by atoms with van der Waals surface area (Å²) in [6.07, 6.45) is 5.09. The molecular formula is C26H28FN3O4S. The largest absolute Gasteiger partial charge is 0.619 e. The van der Waals surface area contributed by atoms with Gasteiger partial charge >= 0.3 is 0 Å². The first-order valence-corrected chi connectivity index (χ1v) is 13.1. The zero-order valence-electron chi connectivity index (χ0n) is 19.4. The van der Waals surface area contributed by atoms with E-state index in [1.54, 1.807) is 48.5 Å². The molecule has 1 aliphatic rings. The van der Waals surface area contributed by atoms with Crippen LogP contribution in [0.15, 0.2) is 78.0 Å². The summed E-state index contributed by atoms with van der Waals surface area (Å²) in [5.41, 5.74) is 2.46. The number of aromatic nitrogens is 1. The molecule has 3 aromatic rings. The lowest BCUT2D eigenvalue weighted by molar-refractivity contribution is -0.605. The van der Waals surface area contributed by atoms with Gasteiger partial charge in [0.1, 0.15) is 5.82 Å². The molecule has 0 bridgehead atoms. The lowest BCUT2D eigenvalue weighted by Gasteiger charge is -2.29. The maximum absolute atomic E-state index is 13.1. The molecule has 1 heterocycles. The summed E-state index contributed by atoms with van der Waals surface area (Å²) in [6.45, 7) is 1.86. The Morgan fingerprint density at radius 3 is 2.11 bits per heavy atom. The monoisotopic (exact) mass is 497 g/mol. The van der Waals surface area contributed by atoms with Gasteiger partial charge in [0.25, 0.3) is 0 Å². The summed E-state index contributed by atoms with van der Waals surface area (Å²) < 4.78 is 42.3. The van der Waals surface area contributed by atoms with Gasteiger partial charge in [-0.25, -0.2) is 17.5 Å². The van der Waals surface area contributed by atoms with Crippen molar-refractivity contribution in [2.24, 2.45) is 5.92 Å².